The molecule has 6 heteroatoms. The van der Waals surface area contributed by atoms with Gasteiger partial charge < -0.3 is 11.1 Å². The van der Waals surface area contributed by atoms with E-state index in [9.17, 15) is 9.59 Å². The number of nitrogens with zero attached hydrogens (tertiary/aromatic N) is 2. The lowest BCUT2D eigenvalue weighted by atomic mass is 10.1. The maximum atomic E-state index is 12.5. The summed E-state index contributed by atoms with van der Waals surface area (Å²) in [5, 5.41) is 8.69. The third kappa shape index (κ3) is 3.68. The molecule has 1 atom stereocenters. The average molecular weight is 336 g/mol. The second-order valence-electron chi connectivity index (χ2n) is 5.86. The van der Waals surface area contributed by atoms with Crippen LogP contribution in [0.1, 0.15) is 18.9 Å². The van der Waals surface area contributed by atoms with Crippen molar-refractivity contribution in [3.05, 3.63) is 60.2 Å². The highest BCUT2D eigenvalue weighted by molar-refractivity contribution is 6.44. The Morgan fingerprint density at radius 2 is 1.96 bits per heavy atom. The molecule has 0 aliphatic carbocycles. The molecular formula is C19H20N4O2. The summed E-state index contributed by atoms with van der Waals surface area (Å²) in [7, 11) is 0. The van der Waals surface area contributed by atoms with Crippen LogP contribution >= 0.6 is 0 Å². The number of rotatable bonds is 5. The number of para-hydroxylation sites is 1. The molecule has 1 aliphatic heterocycles. The third-order valence-electron chi connectivity index (χ3n) is 4.11. The molecule has 0 radical (unpaired) electrons. The van der Waals surface area contributed by atoms with E-state index in [-0.39, 0.29) is 18.0 Å². The first-order valence-corrected chi connectivity index (χ1v) is 8.20. The van der Waals surface area contributed by atoms with Gasteiger partial charge >= 0.3 is 0 Å². The highest BCUT2D eigenvalue weighted by atomic mass is 16.2. The summed E-state index contributed by atoms with van der Waals surface area (Å²) in [5.74, 6) is -0.832. The topological polar surface area (TPSA) is 87.8 Å². The van der Waals surface area contributed by atoms with Crippen molar-refractivity contribution in [3.8, 4) is 0 Å². The van der Waals surface area contributed by atoms with Crippen LogP contribution in [0, 0.1) is 0 Å². The number of anilines is 2. The molecule has 0 bridgehead atoms. The Balaban J connectivity index is 1.81. The Kier molecular flexibility index (Phi) is 4.79. The van der Waals surface area contributed by atoms with Crippen LogP contribution in [-0.4, -0.2) is 23.6 Å². The number of carbonyl (C=O) groups is 2. The standard InChI is InChI=1S/C19H20N4O2/c1-2-13-7-6-8-14(11-13)21-19(25)16-12-17(18(20)24)23(22-16)15-9-4-3-5-10-15/h3-11,17H,2,12H2,1H3,(H2,20,24)(H,21,25). The molecule has 2 aromatic carbocycles. The van der Waals surface area contributed by atoms with Crippen LogP contribution in [0.25, 0.3) is 0 Å². The Morgan fingerprint density at radius 1 is 1.20 bits per heavy atom. The van der Waals surface area contributed by atoms with E-state index < -0.39 is 11.9 Å². The Morgan fingerprint density at radius 3 is 2.64 bits per heavy atom. The van der Waals surface area contributed by atoms with E-state index in [1.807, 2.05) is 54.6 Å². The van der Waals surface area contributed by atoms with Crippen LogP contribution in [-0.2, 0) is 16.0 Å². The number of amides is 2. The van der Waals surface area contributed by atoms with E-state index in [1.165, 1.54) is 5.01 Å². The molecule has 0 aromatic heterocycles. The molecule has 25 heavy (non-hydrogen) atoms. The molecule has 1 aliphatic rings. The van der Waals surface area contributed by atoms with Crippen molar-refractivity contribution in [2.24, 2.45) is 10.8 Å². The lowest BCUT2D eigenvalue weighted by Crippen LogP contribution is -2.39. The number of hydrogen-bond donors (Lipinski definition) is 2. The molecule has 0 spiro atoms. The van der Waals surface area contributed by atoms with Gasteiger partial charge in [-0.05, 0) is 36.2 Å². The molecule has 1 unspecified atom stereocenters. The summed E-state index contributed by atoms with van der Waals surface area (Å²) in [6.45, 7) is 2.05. The first-order chi connectivity index (χ1) is 12.1. The highest BCUT2D eigenvalue weighted by Gasteiger charge is 2.34. The van der Waals surface area contributed by atoms with Gasteiger partial charge in [-0.15, -0.1) is 0 Å². The molecule has 2 aromatic rings. The van der Waals surface area contributed by atoms with Gasteiger partial charge in [-0.1, -0.05) is 37.3 Å². The maximum Gasteiger partial charge on any atom is 0.271 e. The fourth-order valence-corrected chi connectivity index (χ4v) is 2.76. The number of hydrazone groups is 1. The van der Waals surface area contributed by atoms with Crippen molar-refractivity contribution in [1.82, 2.24) is 0 Å². The van der Waals surface area contributed by atoms with Crippen molar-refractivity contribution < 1.29 is 9.59 Å². The number of carbonyl (C=O) groups excluding carboxylic acids is 2. The van der Waals surface area contributed by atoms with E-state index in [4.69, 9.17) is 5.73 Å². The summed E-state index contributed by atoms with van der Waals surface area (Å²) >= 11 is 0. The SMILES string of the molecule is CCc1cccc(NC(=O)C2=NN(c3ccccc3)C(C(N)=O)C2)c1. The lowest BCUT2D eigenvalue weighted by molar-refractivity contribution is -0.119. The lowest BCUT2D eigenvalue weighted by Gasteiger charge is -2.20. The maximum absolute atomic E-state index is 12.5. The molecule has 2 amide bonds. The zero-order valence-corrected chi connectivity index (χ0v) is 14.0. The van der Waals surface area contributed by atoms with Gasteiger partial charge in [0.2, 0.25) is 5.91 Å². The van der Waals surface area contributed by atoms with Gasteiger partial charge in [0.25, 0.3) is 5.91 Å². The number of aryl methyl sites for hydroxylation is 1. The monoisotopic (exact) mass is 336 g/mol. The molecule has 0 fully saturated rings. The second kappa shape index (κ2) is 7.17. The summed E-state index contributed by atoms with van der Waals surface area (Å²) in [6, 6.07) is 16.2. The second-order valence-corrected chi connectivity index (χ2v) is 5.86. The summed E-state index contributed by atoms with van der Waals surface area (Å²) in [4.78, 5) is 24.3. The highest BCUT2D eigenvalue weighted by Crippen LogP contribution is 2.24. The smallest absolute Gasteiger partial charge is 0.271 e. The minimum atomic E-state index is -0.662. The summed E-state index contributed by atoms with van der Waals surface area (Å²) < 4.78 is 0. The van der Waals surface area contributed by atoms with Gasteiger partial charge in [-0.25, -0.2) is 0 Å². The molecule has 3 N–H and O–H groups in total. The van der Waals surface area contributed by atoms with E-state index in [1.54, 1.807) is 0 Å². The first-order valence-electron chi connectivity index (χ1n) is 8.20. The molecular weight excluding hydrogens is 316 g/mol. The van der Waals surface area contributed by atoms with E-state index in [2.05, 4.69) is 17.3 Å². The van der Waals surface area contributed by atoms with Gasteiger partial charge in [0.05, 0.1) is 5.69 Å². The molecule has 128 valence electrons. The Hall–Kier alpha value is -3.15. The van der Waals surface area contributed by atoms with Crippen molar-refractivity contribution in [1.29, 1.82) is 0 Å². The van der Waals surface area contributed by atoms with E-state index in [0.29, 0.717) is 5.69 Å². The van der Waals surface area contributed by atoms with Crippen LogP contribution in [0.5, 0.6) is 0 Å². The fourth-order valence-electron chi connectivity index (χ4n) is 2.76. The van der Waals surface area contributed by atoms with E-state index >= 15 is 0 Å². The summed E-state index contributed by atoms with van der Waals surface area (Å²) in [6.07, 6.45) is 1.07. The summed E-state index contributed by atoms with van der Waals surface area (Å²) in [5.41, 5.74) is 8.34. The van der Waals surface area contributed by atoms with Crippen molar-refractivity contribution in [2.75, 3.05) is 10.3 Å². The van der Waals surface area contributed by atoms with Crippen LogP contribution in [0.2, 0.25) is 0 Å². The minimum Gasteiger partial charge on any atom is -0.368 e. The molecule has 1 heterocycles. The van der Waals surface area contributed by atoms with Gasteiger partial charge in [-0.3, -0.25) is 14.6 Å². The molecule has 0 saturated carbocycles. The quantitative estimate of drug-likeness (QED) is 0.878. The van der Waals surface area contributed by atoms with Crippen LogP contribution in [0.15, 0.2) is 59.7 Å². The largest absolute Gasteiger partial charge is 0.368 e. The number of hydrogen-bond acceptors (Lipinski definition) is 4. The average Bonchev–Trinajstić information content (AvgIpc) is 3.08. The predicted molar refractivity (Wildman–Crippen MR) is 98.4 cm³/mol. The zero-order chi connectivity index (χ0) is 17.8. The first kappa shape index (κ1) is 16.7. The van der Waals surface area contributed by atoms with Crippen molar-refractivity contribution >= 4 is 28.9 Å². The van der Waals surface area contributed by atoms with Crippen LogP contribution < -0.4 is 16.1 Å². The number of primary amides is 1. The number of nitrogens with one attached hydrogen (secondary N) is 1. The molecule has 6 nitrogen and oxygen atoms in total. The van der Waals surface area contributed by atoms with Crippen molar-refractivity contribution in [2.45, 2.75) is 25.8 Å². The Bertz CT molecular complexity index is 817. The van der Waals surface area contributed by atoms with Crippen LogP contribution in [0.4, 0.5) is 11.4 Å². The third-order valence-corrected chi connectivity index (χ3v) is 4.11. The Labute approximate surface area is 146 Å². The van der Waals surface area contributed by atoms with Crippen LogP contribution in [0.3, 0.4) is 0 Å². The van der Waals surface area contributed by atoms with Gasteiger partial charge in [0.1, 0.15) is 11.8 Å². The zero-order valence-electron chi connectivity index (χ0n) is 14.0. The molecule has 0 saturated heterocycles. The predicted octanol–water partition coefficient (Wildman–Crippen LogP) is 2.31. The van der Waals surface area contributed by atoms with Gasteiger partial charge in [0, 0.05) is 12.1 Å². The minimum absolute atomic E-state index is 0.184. The van der Waals surface area contributed by atoms with Gasteiger partial charge in [0.15, 0.2) is 0 Å². The number of nitrogens with two attached hydrogens (primary N) is 1. The number of benzene rings is 2. The van der Waals surface area contributed by atoms with Crippen molar-refractivity contribution in [3.63, 3.8) is 0 Å². The van der Waals surface area contributed by atoms with E-state index in [0.717, 1.165) is 17.7 Å². The molecule has 3 rings (SSSR count). The van der Waals surface area contributed by atoms with Gasteiger partial charge in [-0.2, -0.15) is 5.10 Å². The fraction of sp³-hybridized carbons (Fsp3) is 0.211. The normalized spacial score (nSPS) is 16.4.